The highest BCUT2D eigenvalue weighted by molar-refractivity contribution is 7.98. The normalized spacial score (nSPS) is 19.0. The molecular weight excluding hydrogens is 386 g/mol. The van der Waals surface area contributed by atoms with Crippen molar-refractivity contribution in [3.8, 4) is 5.75 Å². The van der Waals surface area contributed by atoms with Crippen LogP contribution in [0, 0.1) is 0 Å². The molecule has 0 bridgehead atoms. The molecule has 2 aromatic carbocycles. The number of rotatable bonds is 8. The van der Waals surface area contributed by atoms with Gasteiger partial charge in [0, 0.05) is 23.9 Å². The second-order valence-electron chi connectivity index (χ2n) is 6.97. The standard InChI is InChI=1S/C23H27NO4S/c1-3-14-27-19-8-6-18(7-9-19)21-12-13-24(23(25)26)15-22(21)28-16-17-4-10-20(29-2)11-5-17/h3-11,21-22H,1,12-16H2,2H3,(H,25,26)/p-1. The Labute approximate surface area is 176 Å². The number of nitrogens with zero attached hydrogens (tertiary/aromatic N) is 1. The Morgan fingerprint density at radius 1 is 1.24 bits per heavy atom. The van der Waals surface area contributed by atoms with E-state index in [1.54, 1.807) is 17.8 Å². The summed E-state index contributed by atoms with van der Waals surface area (Å²) >= 11 is 1.70. The van der Waals surface area contributed by atoms with E-state index in [4.69, 9.17) is 9.47 Å². The van der Waals surface area contributed by atoms with Crippen molar-refractivity contribution in [1.82, 2.24) is 4.90 Å². The molecule has 0 N–H and O–H groups in total. The second kappa shape index (κ2) is 10.4. The van der Waals surface area contributed by atoms with E-state index >= 15 is 0 Å². The number of hydrogen-bond donors (Lipinski definition) is 0. The molecule has 0 saturated carbocycles. The molecule has 3 rings (SSSR count). The number of carbonyl (C=O) groups excluding carboxylic acids is 1. The highest BCUT2D eigenvalue weighted by Crippen LogP contribution is 2.32. The summed E-state index contributed by atoms with van der Waals surface area (Å²) < 4.78 is 11.8. The van der Waals surface area contributed by atoms with Crippen LogP contribution in [0.3, 0.4) is 0 Å². The fourth-order valence-corrected chi connectivity index (χ4v) is 3.93. The second-order valence-corrected chi connectivity index (χ2v) is 7.85. The van der Waals surface area contributed by atoms with E-state index in [2.05, 4.69) is 18.7 Å². The molecule has 0 aliphatic carbocycles. The molecule has 2 aromatic rings. The molecular formula is C23H26NO4S-. The van der Waals surface area contributed by atoms with Crippen molar-refractivity contribution in [2.24, 2.45) is 0 Å². The average Bonchev–Trinajstić information content (AvgIpc) is 2.76. The van der Waals surface area contributed by atoms with Gasteiger partial charge in [-0.05, 0) is 48.1 Å². The summed E-state index contributed by atoms with van der Waals surface area (Å²) in [5, 5.41) is 11.4. The van der Waals surface area contributed by atoms with Gasteiger partial charge in [0.15, 0.2) is 0 Å². The number of likely N-dealkylation sites (tertiary alicyclic amines) is 1. The Morgan fingerprint density at radius 2 is 1.97 bits per heavy atom. The third kappa shape index (κ3) is 5.78. The van der Waals surface area contributed by atoms with Gasteiger partial charge in [0.2, 0.25) is 0 Å². The lowest BCUT2D eigenvalue weighted by molar-refractivity contribution is -0.268. The lowest BCUT2D eigenvalue weighted by Gasteiger charge is -2.40. The van der Waals surface area contributed by atoms with Gasteiger partial charge in [-0.25, -0.2) is 0 Å². The van der Waals surface area contributed by atoms with Gasteiger partial charge < -0.3 is 24.3 Å². The number of carboxylic acid groups (broad SMARTS) is 1. The van der Waals surface area contributed by atoms with Crippen LogP contribution in [-0.2, 0) is 11.3 Å². The van der Waals surface area contributed by atoms with Crippen LogP contribution in [0.4, 0.5) is 4.79 Å². The zero-order chi connectivity index (χ0) is 20.6. The highest BCUT2D eigenvalue weighted by atomic mass is 32.2. The van der Waals surface area contributed by atoms with E-state index in [0.717, 1.165) is 16.9 Å². The van der Waals surface area contributed by atoms with Gasteiger partial charge in [-0.1, -0.05) is 36.9 Å². The van der Waals surface area contributed by atoms with Gasteiger partial charge in [-0.2, -0.15) is 0 Å². The van der Waals surface area contributed by atoms with Crippen LogP contribution in [0.15, 0.2) is 66.1 Å². The lowest BCUT2D eigenvalue weighted by Crippen LogP contribution is -2.51. The molecule has 0 radical (unpaired) electrons. The van der Waals surface area contributed by atoms with Crippen LogP contribution in [-0.4, -0.2) is 43.0 Å². The molecule has 6 heteroatoms. The Morgan fingerprint density at radius 3 is 2.59 bits per heavy atom. The topological polar surface area (TPSA) is 61.8 Å². The Hall–Kier alpha value is -2.44. The van der Waals surface area contributed by atoms with Crippen LogP contribution in [0.1, 0.15) is 23.5 Å². The summed E-state index contributed by atoms with van der Waals surface area (Å²) in [4.78, 5) is 13.9. The monoisotopic (exact) mass is 412 g/mol. The number of hydrogen-bond acceptors (Lipinski definition) is 5. The van der Waals surface area contributed by atoms with E-state index in [0.29, 0.717) is 32.7 Å². The Balaban J connectivity index is 1.71. The van der Waals surface area contributed by atoms with E-state index in [-0.39, 0.29) is 12.0 Å². The minimum Gasteiger partial charge on any atom is -0.530 e. The first-order valence-corrected chi connectivity index (χ1v) is 10.9. The average molecular weight is 413 g/mol. The SMILES string of the molecule is C=CCOc1ccc(C2CCN(C(=O)[O-])CC2OCc2ccc(SC)cc2)cc1. The van der Waals surface area contributed by atoms with E-state index < -0.39 is 6.09 Å². The largest absolute Gasteiger partial charge is 0.530 e. The molecule has 1 saturated heterocycles. The maximum atomic E-state index is 11.4. The number of thioether (sulfide) groups is 1. The first kappa shape index (κ1) is 21.3. The summed E-state index contributed by atoms with van der Waals surface area (Å²) in [5.41, 5.74) is 2.19. The van der Waals surface area contributed by atoms with E-state index in [9.17, 15) is 9.90 Å². The molecule has 2 atom stereocenters. The summed E-state index contributed by atoms with van der Waals surface area (Å²) in [7, 11) is 0. The third-order valence-electron chi connectivity index (χ3n) is 5.12. The number of carbonyl (C=O) groups is 1. The molecule has 29 heavy (non-hydrogen) atoms. The summed E-state index contributed by atoms with van der Waals surface area (Å²) in [6.45, 7) is 5.32. The number of piperidine rings is 1. The van der Waals surface area contributed by atoms with Crippen LogP contribution in [0.25, 0.3) is 0 Å². The van der Waals surface area contributed by atoms with Crippen molar-refractivity contribution < 1.29 is 19.4 Å². The molecule has 1 aliphatic heterocycles. The summed E-state index contributed by atoms with van der Waals surface area (Å²) in [6.07, 6.45) is 3.06. The number of ether oxygens (including phenoxy) is 2. The molecule has 5 nitrogen and oxygen atoms in total. The molecule has 1 fully saturated rings. The van der Waals surface area contributed by atoms with Gasteiger partial charge in [-0.15, -0.1) is 11.8 Å². The summed E-state index contributed by atoms with van der Waals surface area (Å²) in [5.74, 6) is 0.900. The smallest absolute Gasteiger partial charge is 0.137 e. The molecule has 1 aliphatic rings. The minimum absolute atomic E-state index is 0.115. The number of amides is 1. The van der Waals surface area contributed by atoms with Crippen molar-refractivity contribution in [2.75, 3.05) is 26.0 Å². The Bertz CT molecular complexity index is 807. The molecule has 2 unspecified atom stereocenters. The van der Waals surface area contributed by atoms with Gasteiger partial charge in [0.05, 0.1) is 12.7 Å². The summed E-state index contributed by atoms with van der Waals surface area (Å²) in [6, 6.07) is 16.2. The molecule has 0 aromatic heterocycles. The minimum atomic E-state index is -1.14. The quantitative estimate of drug-likeness (QED) is 0.489. The lowest BCUT2D eigenvalue weighted by atomic mass is 9.87. The van der Waals surface area contributed by atoms with Crippen LogP contribution in [0.5, 0.6) is 5.75 Å². The zero-order valence-corrected chi connectivity index (χ0v) is 17.4. The Kier molecular flexibility index (Phi) is 7.61. The van der Waals surface area contributed by atoms with Crippen molar-refractivity contribution in [3.05, 3.63) is 72.3 Å². The highest BCUT2D eigenvalue weighted by Gasteiger charge is 2.31. The molecule has 154 valence electrons. The van der Waals surface area contributed by atoms with E-state index in [1.165, 1.54) is 9.80 Å². The zero-order valence-electron chi connectivity index (χ0n) is 16.6. The maximum absolute atomic E-state index is 11.4. The van der Waals surface area contributed by atoms with Crippen molar-refractivity contribution in [3.63, 3.8) is 0 Å². The van der Waals surface area contributed by atoms with Crippen molar-refractivity contribution >= 4 is 17.9 Å². The maximum Gasteiger partial charge on any atom is 0.137 e. The first-order valence-electron chi connectivity index (χ1n) is 9.65. The molecule has 1 amide bonds. The van der Waals surface area contributed by atoms with E-state index in [1.807, 2.05) is 42.7 Å². The fraction of sp³-hybridized carbons (Fsp3) is 0.348. The number of benzene rings is 2. The van der Waals surface area contributed by atoms with Crippen LogP contribution < -0.4 is 9.84 Å². The fourth-order valence-electron chi connectivity index (χ4n) is 3.52. The van der Waals surface area contributed by atoms with Crippen molar-refractivity contribution in [2.45, 2.75) is 29.9 Å². The predicted molar refractivity (Wildman–Crippen MR) is 113 cm³/mol. The first-order chi connectivity index (χ1) is 14.1. The van der Waals surface area contributed by atoms with Gasteiger partial charge >= 0.3 is 0 Å². The third-order valence-corrected chi connectivity index (χ3v) is 5.86. The van der Waals surface area contributed by atoms with Gasteiger partial charge in [0.1, 0.15) is 18.4 Å². The van der Waals surface area contributed by atoms with Crippen LogP contribution >= 0.6 is 11.8 Å². The van der Waals surface area contributed by atoms with Crippen molar-refractivity contribution in [1.29, 1.82) is 0 Å². The van der Waals surface area contributed by atoms with Gasteiger partial charge in [0.25, 0.3) is 0 Å². The molecule has 0 spiro atoms. The van der Waals surface area contributed by atoms with Crippen LogP contribution in [0.2, 0.25) is 0 Å². The molecule has 1 heterocycles. The predicted octanol–water partition coefficient (Wildman–Crippen LogP) is 3.69. The van der Waals surface area contributed by atoms with Gasteiger partial charge in [-0.3, -0.25) is 0 Å².